The number of rotatable bonds is 7. The first-order valence-corrected chi connectivity index (χ1v) is 11.0. The molecule has 1 aromatic rings. The highest BCUT2D eigenvalue weighted by molar-refractivity contribution is 9.24. The standard InChI is InChI=1S/C15H17Br5O2/c1-3-5-6-9(4-2)14(21)22-15(19,20)10-7-8-11(16)13(18)12(10)17/h7-9H,3-6H2,1-2H3. The fraction of sp³-hybridized carbons (Fsp3) is 0.533. The van der Waals surface area contributed by atoms with Crippen molar-refractivity contribution in [3.63, 3.8) is 0 Å². The number of carbonyl (C=O) groups excluding carboxylic acids is 1. The lowest BCUT2D eigenvalue weighted by Gasteiger charge is -2.26. The Morgan fingerprint density at radius 1 is 1.18 bits per heavy atom. The summed E-state index contributed by atoms with van der Waals surface area (Å²) < 4.78 is 7.21. The summed E-state index contributed by atoms with van der Waals surface area (Å²) in [7, 11) is 0. The molecule has 0 radical (unpaired) electrons. The number of unbranched alkanes of at least 4 members (excludes halogenated alkanes) is 1. The number of halogens is 5. The minimum atomic E-state index is -1.06. The Hall–Kier alpha value is 1.09. The van der Waals surface area contributed by atoms with Gasteiger partial charge >= 0.3 is 5.97 Å². The summed E-state index contributed by atoms with van der Waals surface area (Å²) in [5.74, 6) is -0.275. The number of hydrogen-bond donors (Lipinski definition) is 0. The van der Waals surface area contributed by atoms with E-state index in [1.807, 2.05) is 19.1 Å². The second kappa shape index (κ2) is 9.54. The van der Waals surface area contributed by atoms with E-state index in [4.69, 9.17) is 4.74 Å². The van der Waals surface area contributed by atoms with E-state index in [1.165, 1.54) is 0 Å². The lowest BCUT2D eigenvalue weighted by molar-refractivity contribution is -0.151. The molecule has 1 unspecified atom stereocenters. The molecule has 2 nitrogen and oxygen atoms in total. The Kier molecular flexibility index (Phi) is 9.17. The molecule has 0 spiro atoms. The third-order valence-electron chi connectivity index (χ3n) is 3.31. The Labute approximate surface area is 173 Å². The Morgan fingerprint density at radius 3 is 2.36 bits per heavy atom. The molecule has 0 aliphatic heterocycles. The summed E-state index contributed by atoms with van der Waals surface area (Å²) >= 11 is 17.4. The van der Waals surface area contributed by atoms with Crippen LogP contribution in [0.3, 0.4) is 0 Å². The zero-order chi connectivity index (χ0) is 16.9. The maximum Gasteiger partial charge on any atom is 0.311 e. The molecule has 0 heterocycles. The Morgan fingerprint density at radius 2 is 1.82 bits per heavy atom. The number of benzene rings is 1. The normalized spacial score (nSPS) is 13.0. The van der Waals surface area contributed by atoms with E-state index in [9.17, 15) is 4.79 Å². The molecule has 0 aromatic heterocycles. The molecule has 7 heteroatoms. The largest absolute Gasteiger partial charge is 0.432 e. The van der Waals surface area contributed by atoms with Gasteiger partial charge in [-0.25, -0.2) is 0 Å². The number of ether oxygens (including phenoxy) is 1. The van der Waals surface area contributed by atoms with Crippen LogP contribution < -0.4 is 0 Å². The smallest absolute Gasteiger partial charge is 0.311 e. The van der Waals surface area contributed by atoms with Crippen molar-refractivity contribution < 1.29 is 9.53 Å². The van der Waals surface area contributed by atoms with E-state index < -0.39 is 3.42 Å². The maximum absolute atomic E-state index is 12.4. The van der Waals surface area contributed by atoms with Crippen LogP contribution in [0.1, 0.15) is 45.1 Å². The molecule has 1 rings (SSSR count). The van der Waals surface area contributed by atoms with E-state index in [2.05, 4.69) is 86.6 Å². The SMILES string of the molecule is CCCCC(CC)C(=O)OC(Br)(Br)c1ccc(Br)c(Br)c1Br. The second-order valence-electron chi connectivity index (χ2n) is 4.91. The highest BCUT2D eigenvalue weighted by Gasteiger charge is 2.35. The summed E-state index contributed by atoms with van der Waals surface area (Å²) in [4.78, 5) is 12.4. The minimum absolute atomic E-state index is 0.0768. The van der Waals surface area contributed by atoms with Gasteiger partial charge in [0.05, 0.1) is 5.92 Å². The molecule has 22 heavy (non-hydrogen) atoms. The van der Waals surface area contributed by atoms with Gasteiger partial charge in [0.1, 0.15) is 0 Å². The van der Waals surface area contributed by atoms with Gasteiger partial charge in [-0.2, -0.15) is 0 Å². The Balaban J connectivity index is 2.95. The lowest BCUT2D eigenvalue weighted by Crippen LogP contribution is -2.25. The second-order valence-corrected chi connectivity index (χ2v) is 10.6. The minimum Gasteiger partial charge on any atom is -0.432 e. The molecular weight excluding hydrogens is 612 g/mol. The number of hydrogen-bond acceptors (Lipinski definition) is 2. The predicted molar refractivity (Wildman–Crippen MR) is 108 cm³/mol. The van der Waals surface area contributed by atoms with Crippen LogP contribution in [0.15, 0.2) is 25.6 Å². The molecule has 0 saturated carbocycles. The zero-order valence-corrected chi connectivity index (χ0v) is 20.2. The highest BCUT2D eigenvalue weighted by Crippen LogP contribution is 2.47. The molecule has 124 valence electrons. The zero-order valence-electron chi connectivity index (χ0n) is 12.3. The van der Waals surface area contributed by atoms with Gasteiger partial charge in [-0.1, -0.05) is 32.8 Å². The summed E-state index contributed by atoms with van der Waals surface area (Å²) in [6, 6.07) is 3.77. The summed E-state index contributed by atoms with van der Waals surface area (Å²) in [5.41, 5.74) is 0.779. The van der Waals surface area contributed by atoms with Crippen molar-refractivity contribution >= 4 is 85.6 Å². The molecule has 0 fully saturated rings. The first-order valence-electron chi connectivity index (χ1n) is 6.99. The predicted octanol–water partition coefficient (Wildman–Crippen LogP) is 7.63. The molecule has 1 atom stereocenters. The molecule has 0 bridgehead atoms. The van der Waals surface area contributed by atoms with Crippen molar-refractivity contribution in [1.29, 1.82) is 0 Å². The van der Waals surface area contributed by atoms with Crippen molar-refractivity contribution in [2.75, 3.05) is 0 Å². The van der Waals surface area contributed by atoms with Crippen LogP contribution in [0.25, 0.3) is 0 Å². The van der Waals surface area contributed by atoms with E-state index in [0.29, 0.717) is 0 Å². The van der Waals surface area contributed by atoms with Crippen molar-refractivity contribution in [3.8, 4) is 0 Å². The topological polar surface area (TPSA) is 26.3 Å². The molecule has 0 N–H and O–H groups in total. The van der Waals surface area contributed by atoms with Gasteiger partial charge in [-0.15, -0.1) is 0 Å². The van der Waals surface area contributed by atoms with Crippen LogP contribution in [0.5, 0.6) is 0 Å². The van der Waals surface area contributed by atoms with E-state index in [0.717, 1.165) is 44.7 Å². The van der Waals surface area contributed by atoms with E-state index >= 15 is 0 Å². The molecule has 0 aliphatic rings. The van der Waals surface area contributed by atoms with Gasteiger partial charge in [0.25, 0.3) is 0 Å². The third kappa shape index (κ3) is 5.57. The van der Waals surface area contributed by atoms with Crippen molar-refractivity contribution in [2.24, 2.45) is 5.92 Å². The molecule has 0 amide bonds. The summed E-state index contributed by atoms with van der Waals surface area (Å²) in [6.07, 6.45) is 3.73. The maximum atomic E-state index is 12.4. The number of alkyl halides is 2. The van der Waals surface area contributed by atoms with Gasteiger partial charge in [0.2, 0.25) is 3.42 Å². The van der Waals surface area contributed by atoms with Crippen LogP contribution >= 0.6 is 79.6 Å². The molecule has 1 aromatic carbocycles. The third-order valence-corrected chi connectivity index (χ3v) is 7.86. The summed E-state index contributed by atoms with van der Waals surface area (Å²) in [5, 5.41) is 0. The average molecular weight is 629 g/mol. The fourth-order valence-electron chi connectivity index (χ4n) is 1.95. The van der Waals surface area contributed by atoms with Crippen molar-refractivity contribution in [3.05, 3.63) is 31.1 Å². The van der Waals surface area contributed by atoms with Crippen LogP contribution in [0.4, 0.5) is 0 Å². The van der Waals surface area contributed by atoms with Crippen LogP contribution in [-0.2, 0) is 13.0 Å². The van der Waals surface area contributed by atoms with Crippen molar-refractivity contribution in [1.82, 2.24) is 0 Å². The van der Waals surface area contributed by atoms with Crippen LogP contribution in [0, 0.1) is 5.92 Å². The lowest BCUT2D eigenvalue weighted by atomic mass is 10.00. The van der Waals surface area contributed by atoms with Crippen LogP contribution in [0.2, 0.25) is 0 Å². The quantitative estimate of drug-likeness (QED) is 0.176. The van der Waals surface area contributed by atoms with Gasteiger partial charge in [-0.3, -0.25) is 4.79 Å². The first-order chi connectivity index (χ1) is 10.2. The first kappa shape index (κ1) is 21.1. The van der Waals surface area contributed by atoms with E-state index in [1.54, 1.807) is 0 Å². The molecular formula is C15H17Br5O2. The Bertz CT molecular complexity index is 531. The van der Waals surface area contributed by atoms with Crippen molar-refractivity contribution in [2.45, 2.75) is 43.0 Å². The van der Waals surface area contributed by atoms with Gasteiger partial charge in [0, 0.05) is 19.0 Å². The monoisotopic (exact) mass is 624 g/mol. The summed E-state index contributed by atoms with van der Waals surface area (Å²) in [6.45, 7) is 4.13. The number of carbonyl (C=O) groups is 1. The molecule has 0 saturated heterocycles. The fourth-order valence-corrected chi connectivity index (χ4v) is 5.03. The van der Waals surface area contributed by atoms with Gasteiger partial charge < -0.3 is 4.74 Å². The number of esters is 1. The van der Waals surface area contributed by atoms with Crippen LogP contribution in [-0.4, -0.2) is 5.97 Å². The van der Waals surface area contributed by atoms with Gasteiger partial charge in [-0.05, 0) is 98.6 Å². The highest BCUT2D eigenvalue weighted by atomic mass is 79.9. The average Bonchev–Trinajstić information content (AvgIpc) is 2.44. The molecule has 0 aliphatic carbocycles. The van der Waals surface area contributed by atoms with E-state index in [-0.39, 0.29) is 11.9 Å². The van der Waals surface area contributed by atoms with Gasteiger partial charge in [0.15, 0.2) is 0 Å².